The van der Waals surface area contributed by atoms with Crippen molar-refractivity contribution in [1.82, 2.24) is 0 Å². The average molecular weight is 409 g/mol. The third-order valence-corrected chi connectivity index (χ3v) is 6.38. The maximum atomic E-state index is 10.7. The SMILES string of the molecule is CC.CC.CC(=O)CCCC[C@]1(C)CCSS1.COC(=O)/C=C/C(=O)O. The van der Waals surface area contributed by atoms with Crippen molar-refractivity contribution in [2.75, 3.05) is 12.9 Å². The number of ether oxygens (including phenoxy) is 1. The molecule has 0 aromatic rings. The number of hydrogen-bond donors (Lipinski definition) is 1. The number of rotatable bonds is 7. The lowest BCUT2D eigenvalue weighted by molar-refractivity contribution is -0.136. The third-order valence-electron chi connectivity index (χ3n) is 3.02. The average Bonchev–Trinajstić information content (AvgIpc) is 3.07. The van der Waals surface area contributed by atoms with Gasteiger partial charge < -0.3 is 14.6 Å². The van der Waals surface area contributed by atoms with Crippen LogP contribution in [0, 0.1) is 0 Å². The Labute approximate surface area is 167 Å². The first kappa shape index (κ1) is 29.8. The first-order valence-electron chi connectivity index (χ1n) is 9.08. The van der Waals surface area contributed by atoms with Crippen LogP contribution in [0.5, 0.6) is 0 Å². The van der Waals surface area contributed by atoms with Crippen molar-refractivity contribution >= 4 is 39.3 Å². The lowest BCUT2D eigenvalue weighted by Gasteiger charge is -2.20. The summed E-state index contributed by atoms with van der Waals surface area (Å²) in [5.74, 6) is -0.204. The van der Waals surface area contributed by atoms with Gasteiger partial charge in [-0.25, -0.2) is 9.59 Å². The minimum Gasteiger partial charge on any atom is -0.478 e. The minimum atomic E-state index is -1.17. The van der Waals surface area contributed by atoms with Gasteiger partial charge in [-0.1, -0.05) is 55.7 Å². The number of aliphatic carboxylic acids is 1. The second kappa shape index (κ2) is 20.4. The van der Waals surface area contributed by atoms with Crippen LogP contribution in [0.1, 0.15) is 73.6 Å². The van der Waals surface area contributed by atoms with Crippen LogP contribution in [-0.2, 0) is 19.1 Å². The molecule has 0 unspecified atom stereocenters. The van der Waals surface area contributed by atoms with Gasteiger partial charge >= 0.3 is 11.9 Å². The van der Waals surface area contributed by atoms with Crippen molar-refractivity contribution in [1.29, 1.82) is 0 Å². The molecule has 1 saturated heterocycles. The monoisotopic (exact) mass is 408 g/mol. The Balaban J connectivity index is -0.000000357. The van der Waals surface area contributed by atoms with Gasteiger partial charge in [-0.3, -0.25) is 0 Å². The number of carboxylic acids is 1. The molecular weight excluding hydrogens is 372 g/mol. The van der Waals surface area contributed by atoms with Gasteiger partial charge in [0, 0.05) is 29.1 Å². The molecule has 1 N–H and O–H groups in total. The summed E-state index contributed by atoms with van der Waals surface area (Å²) in [5.41, 5.74) is 0. The molecule has 0 radical (unpaired) electrons. The van der Waals surface area contributed by atoms with Crippen molar-refractivity contribution in [3.05, 3.63) is 12.2 Å². The summed E-state index contributed by atoms with van der Waals surface area (Å²) in [6.45, 7) is 12.0. The van der Waals surface area contributed by atoms with Crippen molar-refractivity contribution < 1.29 is 24.2 Å². The van der Waals surface area contributed by atoms with E-state index in [1.54, 1.807) is 6.92 Å². The summed E-state index contributed by atoms with van der Waals surface area (Å²) in [5, 5.41) is 7.96. The first-order valence-corrected chi connectivity index (χ1v) is 11.4. The van der Waals surface area contributed by atoms with Gasteiger partial charge in [0.1, 0.15) is 5.78 Å². The smallest absolute Gasteiger partial charge is 0.330 e. The Kier molecular flexibility index (Phi) is 23.3. The Bertz CT molecular complexity index is 403. The van der Waals surface area contributed by atoms with E-state index in [2.05, 4.69) is 11.7 Å². The van der Waals surface area contributed by atoms with Crippen molar-refractivity contribution in [3.63, 3.8) is 0 Å². The number of Topliss-reactive ketones (excluding diaryl/α,β-unsaturated/α-hetero) is 1. The molecular formula is C19H36O5S2. The molecule has 5 nitrogen and oxygen atoms in total. The van der Waals surface area contributed by atoms with E-state index in [-0.39, 0.29) is 0 Å². The van der Waals surface area contributed by atoms with E-state index in [0.717, 1.165) is 18.9 Å². The molecule has 0 amide bonds. The number of unbranched alkanes of at least 4 members (excludes halogenated alkanes) is 1. The molecule has 0 aromatic carbocycles. The predicted octanol–water partition coefficient (Wildman–Crippen LogP) is 5.53. The number of ketones is 1. The summed E-state index contributed by atoms with van der Waals surface area (Å²) in [6, 6.07) is 0. The zero-order valence-corrected chi connectivity index (χ0v) is 18.9. The maximum absolute atomic E-state index is 10.7. The van der Waals surface area contributed by atoms with E-state index in [1.807, 2.05) is 49.3 Å². The molecule has 1 rings (SSSR count). The molecule has 1 fully saturated rings. The second-order valence-corrected chi connectivity index (χ2v) is 8.21. The fourth-order valence-corrected chi connectivity index (χ4v) is 5.03. The summed E-state index contributed by atoms with van der Waals surface area (Å²) in [6.07, 6.45) is 7.22. The molecule has 1 aliphatic rings. The van der Waals surface area contributed by atoms with Crippen LogP contribution < -0.4 is 0 Å². The summed E-state index contributed by atoms with van der Waals surface area (Å²) in [7, 11) is 5.21. The number of esters is 1. The summed E-state index contributed by atoms with van der Waals surface area (Å²) >= 11 is 0. The van der Waals surface area contributed by atoms with Crippen molar-refractivity contribution in [2.24, 2.45) is 0 Å². The molecule has 1 atom stereocenters. The van der Waals surface area contributed by atoms with Gasteiger partial charge in [0.25, 0.3) is 0 Å². The maximum Gasteiger partial charge on any atom is 0.330 e. The lowest BCUT2D eigenvalue weighted by Crippen LogP contribution is -2.15. The van der Waals surface area contributed by atoms with Crippen molar-refractivity contribution in [3.8, 4) is 0 Å². The van der Waals surface area contributed by atoms with Gasteiger partial charge in [-0.2, -0.15) is 0 Å². The molecule has 0 bridgehead atoms. The Morgan fingerprint density at radius 2 is 1.69 bits per heavy atom. The van der Waals surface area contributed by atoms with Gasteiger partial charge in [-0.15, -0.1) is 0 Å². The van der Waals surface area contributed by atoms with E-state index >= 15 is 0 Å². The second-order valence-electron chi connectivity index (χ2n) is 5.21. The molecule has 0 spiro atoms. The van der Waals surface area contributed by atoms with Crippen LogP contribution in [-0.4, -0.2) is 40.4 Å². The molecule has 1 aliphatic heterocycles. The van der Waals surface area contributed by atoms with Crippen molar-refractivity contribution in [2.45, 2.75) is 78.4 Å². The van der Waals surface area contributed by atoms with E-state index < -0.39 is 11.9 Å². The normalized spacial score (nSPS) is 17.7. The highest BCUT2D eigenvalue weighted by Gasteiger charge is 2.29. The number of methoxy groups -OCH3 is 1. The largest absolute Gasteiger partial charge is 0.478 e. The number of carbonyl (C=O) groups is 3. The molecule has 0 saturated carbocycles. The van der Waals surface area contributed by atoms with Crippen LogP contribution in [0.3, 0.4) is 0 Å². The highest BCUT2D eigenvalue weighted by atomic mass is 33.1. The Hall–Kier alpha value is -0.950. The summed E-state index contributed by atoms with van der Waals surface area (Å²) in [4.78, 5) is 30.6. The lowest BCUT2D eigenvalue weighted by atomic mass is 9.99. The van der Waals surface area contributed by atoms with Crippen LogP contribution in [0.4, 0.5) is 0 Å². The van der Waals surface area contributed by atoms with Gasteiger partial charge in [0.15, 0.2) is 0 Å². The van der Waals surface area contributed by atoms with Crippen LogP contribution in [0.15, 0.2) is 12.2 Å². The Morgan fingerprint density at radius 3 is 2.08 bits per heavy atom. The molecule has 154 valence electrons. The van der Waals surface area contributed by atoms with Gasteiger partial charge in [0.2, 0.25) is 0 Å². The molecule has 0 aromatic heterocycles. The highest BCUT2D eigenvalue weighted by Crippen LogP contribution is 2.49. The number of carbonyl (C=O) groups excluding carboxylic acids is 2. The molecule has 0 aliphatic carbocycles. The van der Waals surface area contributed by atoms with Crippen LogP contribution in [0.2, 0.25) is 0 Å². The molecule has 1 heterocycles. The molecule has 26 heavy (non-hydrogen) atoms. The molecule has 7 heteroatoms. The van der Waals surface area contributed by atoms with Gasteiger partial charge in [-0.05, 0) is 33.1 Å². The van der Waals surface area contributed by atoms with E-state index in [4.69, 9.17) is 5.11 Å². The Morgan fingerprint density at radius 1 is 1.12 bits per heavy atom. The van der Waals surface area contributed by atoms with Crippen LogP contribution in [0.25, 0.3) is 0 Å². The quantitative estimate of drug-likeness (QED) is 0.257. The van der Waals surface area contributed by atoms with Gasteiger partial charge in [0.05, 0.1) is 7.11 Å². The zero-order valence-electron chi connectivity index (χ0n) is 17.3. The van der Waals surface area contributed by atoms with E-state index in [1.165, 1.54) is 32.1 Å². The summed E-state index contributed by atoms with van der Waals surface area (Å²) < 4.78 is 4.61. The standard InChI is InChI=1S/C10H18OS2.C5H6O4.2C2H6/c1-9(11)5-3-4-6-10(2)7-8-12-13-10;1-9-5(8)3-2-4(6)7;2*1-2/h3-8H2,1-2H3;2-3H,1H3,(H,6,7);2*1-2H3/b;3-2+;;/t10-;;;/m1.../s1. The third kappa shape index (κ3) is 21.1. The highest BCUT2D eigenvalue weighted by molar-refractivity contribution is 8.77. The topological polar surface area (TPSA) is 80.7 Å². The number of hydrogen-bond acceptors (Lipinski definition) is 6. The van der Waals surface area contributed by atoms with E-state index in [0.29, 0.717) is 16.6 Å². The fourth-order valence-electron chi connectivity index (χ4n) is 1.73. The zero-order chi connectivity index (χ0) is 21.0. The predicted molar refractivity (Wildman–Crippen MR) is 114 cm³/mol. The van der Waals surface area contributed by atoms with E-state index in [9.17, 15) is 14.4 Å². The van der Waals surface area contributed by atoms with Crippen LogP contribution >= 0.6 is 21.6 Å². The minimum absolute atomic E-state index is 0.332. The fraction of sp³-hybridized carbons (Fsp3) is 0.737. The first-order chi connectivity index (χ1) is 12.3. The number of carboxylic acid groups (broad SMARTS) is 1.